The second-order valence-electron chi connectivity index (χ2n) is 5.83. The van der Waals surface area contributed by atoms with Gasteiger partial charge in [-0.25, -0.2) is 0 Å². The number of hydrogen-bond acceptors (Lipinski definition) is 6. The maximum atomic E-state index is 10.4. The van der Waals surface area contributed by atoms with Crippen LogP contribution < -0.4 is 0 Å². The van der Waals surface area contributed by atoms with Gasteiger partial charge < -0.3 is 29.2 Å². The first-order valence-electron chi connectivity index (χ1n) is 6.15. The molecule has 2 heterocycles. The minimum atomic E-state index is -1.15. The molecule has 6 heteroatoms. The van der Waals surface area contributed by atoms with Crippen molar-refractivity contribution in [1.29, 1.82) is 0 Å². The van der Waals surface area contributed by atoms with Crippen molar-refractivity contribution in [3.8, 4) is 0 Å². The van der Waals surface area contributed by atoms with Crippen LogP contribution in [0.5, 0.6) is 0 Å². The van der Waals surface area contributed by atoms with Crippen molar-refractivity contribution >= 4 is 0 Å². The van der Waals surface area contributed by atoms with Crippen molar-refractivity contribution in [3.05, 3.63) is 0 Å². The second-order valence-corrected chi connectivity index (χ2v) is 5.83. The van der Waals surface area contributed by atoms with Crippen LogP contribution in [0.4, 0.5) is 0 Å². The van der Waals surface area contributed by atoms with E-state index in [1.807, 2.05) is 0 Å². The molecule has 2 saturated heterocycles. The fraction of sp³-hybridized carbons (Fsp3) is 1.00. The zero-order chi connectivity index (χ0) is 13.6. The molecule has 2 N–H and O–H groups in total. The highest BCUT2D eigenvalue weighted by atomic mass is 16.8. The molecule has 0 radical (unpaired) electrons. The Morgan fingerprint density at radius 3 is 2.22 bits per heavy atom. The standard InChI is InChI=1S/C12H22O6/c1-10(2)15-5-8(17-10)9(14)12(6-13)7-16-11(3,4)18-12/h8-9,13-14H,5-7H2,1-4H3/t8-,9-,12-/m1/s1. The van der Waals surface area contributed by atoms with Crippen molar-refractivity contribution in [2.24, 2.45) is 0 Å². The SMILES string of the molecule is CC1(C)OC[C@H]([C@@H](O)[C@@]2(CO)COC(C)(C)O2)O1. The fourth-order valence-corrected chi connectivity index (χ4v) is 2.37. The number of ether oxygens (including phenoxy) is 4. The van der Waals surface area contributed by atoms with E-state index in [9.17, 15) is 10.2 Å². The molecular weight excluding hydrogens is 240 g/mol. The summed E-state index contributed by atoms with van der Waals surface area (Å²) in [4.78, 5) is 0. The van der Waals surface area contributed by atoms with Crippen molar-refractivity contribution in [2.75, 3.05) is 19.8 Å². The predicted octanol–water partition coefficient (Wildman–Crippen LogP) is 0.0128. The molecule has 0 saturated carbocycles. The normalized spacial score (nSPS) is 40.0. The predicted molar refractivity (Wildman–Crippen MR) is 61.8 cm³/mol. The molecule has 0 amide bonds. The van der Waals surface area contributed by atoms with Crippen molar-refractivity contribution in [3.63, 3.8) is 0 Å². The van der Waals surface area contributed by atoms with Gasteiger partial charge in [0.2, 0.25) is 0 Å². The molecule has 0 aromatic heterocycles. The Bertz CT molecular complexity index is 316. The largest absolute Gasteiger partial charge is 0.393 e. The highest BCUT2D eigenvalue weighted by Gasteiger charge is 2.54. The smallest absolute Gasteiger partial charge is 0.164 e. The maximum Gasteiger partial charge on any atom is 0.164 e. The highest BCUT2D eigenvalue weighted by Crippen LogP contribution is 2.37. The lowest BCUT2D eigenvalue weighted by Gasteiger charge is -2.34. The zero-order valence-electron chi connectivity index (χ0n) is 11.3. The van der Waals surface area contributed by atoms with E-state index < -0.39 is 29.4 Å². The fourth-order valence-electron chi connectivity index (χ4n) is 2.37. The highest BCUT2D eigenvalue weighted by molar-refractivity contribution is 4.98. The lowest BCUT2D eigenvalue weighted by molar-refractivity contribution is -0.218. The first-order valence-corrected chi connectivity index (χ1v) is 6.15. The van der Waals surface area contributed by atoms with Crippen LogP contribution in [0.15, 0.2) is 0 Å². The lowest BCUT2D eigenvalue weighted by Crippen LogP contribution is -2.55. The third-order valence-electron chi connectivity index (χ3n) is 3.30. The average molecular weight is 262 g/mol. The lowest BCUT2D eigenvalue weighted by atomic mass is 9.94. The minimum Gasteiger partial charge on any atom is -0.393 e. The summed E-state index contributed by atoms with van der Waals surface area (Å²) in [7, 11) is 0. The molecule has 18 heavy (non-hydrogen) atoms. The van der Waals surface area contributed by atoms with Gasteiger partial charge in [0.15, 0.2) is 11.6 Å². The summed E-state index contributed by atoms with van der Waals surface area (Å²) in [5.41, 5.74) is -1.15. The van der Waals surface area contributed by atoms with Crippen LogP contribution in [-0.2, 0) is 18.9 Å². The van der Waals surface area contributed by atoms with Crippen LogP contribution in [0.2, 0.25) is 0 Å². The maximum absolute atomic E-state index is 10.4. The van der Waals surface area contributed by atoms with Gasteiger partial charge in [0.05, 0.1) is 19.8 Å². The molecule has 0 aromatic rings. The van der Waals surface area contributed by atoms with Crippen molar-refractivity contribution < 1.29 is 29.2 Å². The molecule has 0 bridgehead atoms. The Morgan fingerprint density at radius 2 is 1.83 bits per heavy atom. The molecule has 2 fully saturated rings. The van der Waals surface area contributed by atoms with E-state index in [1.165, 1.54) is 0 Å². The van der Waals surface area contributed by atoms with Gasteiger partial charge in [-0.2, -0.15) is 0 Å². The molecule has 0 spiro atoms. The number of hydrogen-bond donors (Lipinski definition) is 2. The van der Waals surface area contributed by atoms with E-state index in [0.717, 1.165) is 0 Å². The average Bonchev–Trinajstić information content (AvgIpc) is 2.78. The summed E-state index contributed by atoms with van der Waals surface area (Å²) in [5.74, 6) is -1.55. The Balaban J connectivity index is 2.10. The molecule has 0 aliphatic carbocycles. The molecule has 6 nitrogen and oxygen atoms in total. The van der Waals surface area contributed by atoms with E-state index in [0.29, 0.717) is 0 Å². The monoisotopic (exact) mass is 262 g/mol. The van der Waals surface area contributed by atoms with E-state index >= 15 is 0 Å². The summed E-state index contributed by atoms with van der Waals surface area (Å²) in [5, 5.41) is 19.9. The number of aliphatic hydroxyl groups excluding tert-OH is 2. The van der Waals surface area contributed by atoms with Gasteiger partial charge in [0.25, 0.3) is 0 Å². The van der Waals surface area contributed by atoms with Gasteiger partial charge in [-0.05, 0) is 27.7 Å². The molecule has 0 unspecified atom stereocenters. The minimum absolute atomic E-state index is 0.123. The first-order chi connectivity index (χ1) is 8.20. The van der Waals surface area contributed by atoms with Gasteiger partial charge in [-0.3, -0.25) is 0 Å². The molecule has 2 aliphatic heterocycles. The van der Waals surface area contributed by atoms with Crippen molar-refractivity contribution in [1.82, 2.24) is 0 Å². The van der Waals surface area contributed by atoms with Gasteiger partial charge in [-0.15, -0.1) is 0 Å². The third kappa shape index (κ3) is 2.54. The van der Waals surface area contributed by atoms with Gasteiger partial charge in [-0.1, -0.05) is 0 Å². The van der Waals surface area contributed by atoms with Gasteiger partial charge in [0.1, 0.15) is 17.8 Å². The Kier molecular flexibility index (Phi) is 3.46. The molecule has 2 aliphatic rings. The second kappa shape index (κ2) is 4.40. The quantitative estimate of drug-likeness (QED) is 0.746. The third-order valence-corrected chi connectivity index (χ3v) is 3.30. The first kappa shape index (κ1) is 14.2. The number of rotatable bonds is 3. The number of aliphatic hydroxyl groups is 2. The summed E-state index contributed by atoms with van der Waals surface area (Å²) in [6.07, 6.45) is -1.55. The summed E-state index contributed by atoms with van der Waals surface area (Å²) >= 11 is 0. The van der Waals surface area contributed by atoms with E-state index in [-0.39, 0.29) is 19.8 Å². The molecule has 3 atom stereocenters. The van der Waals surface area contributed by atoms with Crippen LogP contribution >= 0.6 is 0 Å². The van der Waals surface area contributed by atoms with Crippen LogP contribution in [0.25, 0.3) is 0 Å². The van der Waals surface area contributed by atoms with Crippen LogP contribution in [0.3, 0.4) is 0 Å². The summed E-state index contributed by atoms with van der Waals surface area (Å²) < 4.78 is 22.1. The zero-order valence-corrected chi connectivity index (χ0v) is 11.3. The van der Waals surface area contributed by atoms with E-state index in [2.05, 4.69) is 0 Å². The van der Waals surface area contributed by atoms with E-state index in [1.54, 1.807) is 27.7 Å². The van der Waals surface area contributed by atoms with Crippen molar-refractivity contribution in [2.45, 2.75) is 57.1 Å². The van der Waals surface area contributed by atoms with Crippen LogP contribution in [0.1, 0.15) is 27.7 Å². The molecule has 106 valence electrons. The van der Waals surface area contributed by atoms with Crippen LogP contribution in [-0.4, -0.2) is 59.4 Å². The Morgan fingerprint density at radius 1 is 1.17 bits per heavy atom. The van der Waals surface area contributed by atoms with Gasteiger partial charge in [0, 0.05) is 0 Å². The summed E-state index contributed by atoms with van der Waals surface area (Å²) in [6, 6.07) is 0. The van der Waals surface area contributed by atoms with Crippen LogP contribution in [0, 0.1) is 0 Å². The van der Waals surface area contributed by atoms with E-state index in [4.69, 9.17) is 18.9 Å². The Hall–Kier alpha value is -0.240. The molecule has 0 aromatic carbocycles. The molecule has 2 rings (SSSR count). The summed E-state index contributed by atoms with van der Waals surface area (Å²) in [6.45, 7) is 7.10. The Labute approximate surface area is 107 Å². The molecular formula is C12H22O6. The topological polar surface area (TPSA) is 77.4 Å². The van der Waals surface area contributed by atoms with Gasteiger partial charge >= 0.3 is 0 Å².